The lowest BCUT2D eigenvalue weighted by molar-refractivity contribution is -0.137. The Morgan fingerprint density at radius 3 is 2.40 bits per heavy atom. The van der Waals surface area contributed by atoms with Crippen LogP contribution < -0.4 is 10.1 Å². The zero-order valence-electron chi connectivity index (χ0n) is 14.1. The molecule has 0 saturated heterocycles. The highest BCUT2D eigenvalue weighted by atomic mass is 19.4. The van der Waals surface area contributed by atoms with Crippen molar-refractivity contribution in [1.29, 1.82) is 0 Å². The Morgan fingerprint density at radius 2 is 1.88 bits per heavy atom. The lowest BCUT2D eigenvalue weighted by atomic mass is 10.1. The summed E-state index contributed by atoms with van der Waals surface area (Å²) in [6, 6.07) is 3.11. The van der Waals surface area contributed by atoms with Gasteiger partial charge >= 0.3 is 12.2 Å². The average molecular weight is 353 g/mol. The van der Waals surface area contributed by atoms with Crippen molar-refractivity contribution < 1.29 is 22.7 Å². The first-order valence-electron chi connectivity index (χ1n) is 7.45. The fourth-order valence-electron chi connectivity index (χ4n) is 2.32. The molecule has 0 aliphatic carbocycles. The number of amides is 1. The number of hydrogen-bond donors (Lipinski definition) is 1. The monoisotopic (exact) mass is 353 g/mol. The van der Waals surface area contributed by atoms with Gasteiger partial charge < -0.3 is 10.1 Å². The third-order valence-electron chi connectivity index (χ3n) is 3.45. The molecule has 1 aromatic heterocycles. The number of ether oxygens (including phenoxy) is 1. The number of halogens is 3. The number of carbonyl (C=O) groups excluding carboxylic acids is 1. The van der Waals surface area contributed by atoms with E-state index >= 15 is 0 Å². The second-order valence-electron chi connectivity index (χ2n) is 5.55. The van der Waals surface area contributed by atoms with Gasteiger partial charge in [-0.1, -0.05) is 6.08 Å². The maximum Gasteiger partial charge on any atom is 0.416 e. The molecule has 0 fully saturated rings. The van der Waals surface area contributed by atoms with Crippen LogP contribution in [0, 0.1) is 20.8 Å². The molecule has 0 aliphatic rings. The van der Waals surface area contributed by atoms with Crippen LogP contribution in [0.4, 0.5) is 18.0 Å². The summed E-state index contributed by atoms with van der Waals surface area (Å²) in [4.78, 5) is 11.9. The van der Waals surface area contributed by atoms with E-state index in [-0.39, 0.29) is 18.2 Å². The van der Waals surface area contributed by atoms with Crippen molar-refractivity contribution >= 4 is 6.03 Å². The third kappa shape index (κ3) is 4.20. The van der Waals surface area contributed by atoms with Gasteiger partial charge in [-0.3, -0.25) is 0 Å². The van der Waals surface area contributed by atoms with Gasteiger partial charge in [-0.25, -0.2) is 4.79 Å². The van der Waals surface area contributed by atoms with Gasteiger partial charge in [-0.2, -0.15) is 17.9 Å². The topological polar surface area (TPSA) is 56.2 Å². The maximum absolute atomic E-state index is 12.8. The van der Waals surface area contributed by atoms with Crippen LogP contribution in [0.1, 0.15) is 22.4 Å². The lowest BCUT2D eigenvalue weighted by Gasteiger charge is -2.14. The van der Waals surface area contributed by atoms with Crippen molar-refractivity contribution in [3.8, 4) is 11.6 Å². The molecule has 25 heavy (non-hydrogen) atoms. The van der Waals surface area contributed by atoms with Crippen LogP contribution in [0.25, 0.3) is 0 Å². The lowest BCUT2D eigenvalue weighted by Crippen LogP contribution is -2.30. The van der Waals surface area contributed by atoms with Gasteiger partial charge in [0.25, 0.3) is 0 Å². The SMILES string of the molecule is C=CCNC(=O)n1nc(Oc2c(C)cc(C(F)(F)F)cc2C)cc1C. The van der Waals surface area contributed by atoms with Crippen LogP contribution in [-0.2, 0) is 6.18 Å². The van der Waals surface area contributed by atoms with E-state index in [4.69, 9.17) is 4.74 Å². The van der Waals surface area contributed by atoms with E-state index in [1.165, 1.54) is 26.0 Å². The van der Waals surface area contributed by atoms with Crippen molar-refractivity contribution in [2.75, 3.05) is 6.54 Å². The van der Waals surface area contributed by atoms with E-state index < -0.39 is 17.8 Å². The molecule has 8 heteroatoms. The second-order valence-corrected chi connectivity index (χ2v) is 5.55. The molecule has 2 rings (SSSR count). The van der Waals surface area contributed by atoms with Gasteiger partial charge in [-0.05, 0) is 44.0 Å². The van der Waals surface area contributed by atoms with E-state index in [0.29, 0.717) is 16.8 Å². The van der Waals surface area contributed by atoms with Crippen LogP contribution in [-0.4, -0.2) is 22.4 Å². The molecule has 1 amide bonds. The van der Waals surface area contributed by atoms with Crippen molar-refractivity contribution in [2.24, 2.45) is 0 Å². The first-order valence-corrected chi connectivity index (χ1v) is 7.45. The van der Waals surface area contributed by atoms with Gasteiger partial charge in [-0.15, -0.1) is 11.7 Å². The van der Waals surface area contributed by atoms with E-state index in [9.17, 15) is 18.0 Å². The number of nitrogens with one attached hydrogen (secondary N) is 1. The van der Waals surface area contributed by atoms with Gasteiger partial charge in [0.1, 0.15) is 5.75 Å². The minimum atomic E-state index is -4.42. The summed E-state index contributed by atoms with van der Waals surface area (Å²) in [5.41, 5.74) is 0.449. The van der Waals surface area contributed by atoms with Crippen LogP contribution in [0.5, 0.6) is 11.6 Å². The summed E-state index contributed by atoms with van der Waals surface area (Å²) in [6.45, 7) is 8.51. The molecule has 134 valence electrons. The minimum Gasteiger partial charge on any atom is -0.437 e. The molecular formula is C17H18F3N3O2. The quantitative estimate of drug-likeness (QED) is 0.831. The first kappa shape index (κ1) is 18.6. The standard InChI is InChI=1S/C17H18F3N3O2/c1-5-6-21-16(24)23-12(4)9-14(22-23)25-15-10(2)7-13(8-11(15)3)17(18,19)20/h5,7-9H,1,6H2,2-4H3,(H,21,24). The molecule has 0 radical (unpaired) electrons. The van der Waals surface area contributed by atoms with Crippen molar-refractivity contribution in [3.63, 3.8) is 0 Å². The second kappa shape index (κ2) is 7.00. The van der Waals surface area contributed by atoms with Gasteiger partial charge in [0.2, 0.25) is 5.88 Å². The Morgan fingerprint density at radius 1 is 1.28 bits per heavy atom. The highest BCUT2D eigenvalue weighted by molar-refractivity contribution is 5.76. The smallest absolute Gasteiger partial charge is 0.416 e. The fourth-order valence-corrected chi connectivity index (χ4v) is 2.32. The summed E-state index contributed by atoms with van der Waals surface area (Å²) in [6.07, 6.45) is -2.89. The largest absolute Gasteiger partial charge is 0.437 e. The summed E-state index contributed by atoms with van der Waals surface area (Å²) in [5, 5.41) is 6.61. The molecule has 1 heterocycles. The van der Waals surface area contributed by atoms with Crippen LogP contribution in [0.3, 0.4) is 0 Å². The predicted molar refractivity (Wildman–Crippen MR) is 86.9 cm³/mol. The molecule has 1 N–H and O–H groups in total. The Labute approximate surface area is 143 Å². The van der Waals surface area contributed by atoms with E-state index in [2.05, 4.69) is 17.0 Å². The molecule has 0 saturated carbocycles. The molecule has 5 nitrogen and oxygen atoms in total. The van der Waals surface area contributed by atoms with Gasteiger partial charge in [0.05, 0.1) is 11.3 Å². The molecule has 0 atom stereocenters. The predicted octanol–water partition coefficient (Wildman–Crippen LogP) is 4.36. The van der Waals surface area contributed by atoms with Crippen molar-refractivity contribution in [2.45, 2.75) is 26.9 Å². The molecule has 0 aliphatic heterocycles. The average Bonchev–Trinajstić information content (AvgIpc) is 2.88. The summed E-state index contributed by atoms with van der Waals surface area (Å²) < 4.78 is 45.3. The first-order chi connectivity index (χ1) is 11.6. The summed E-state index contributed by atoms with van der Waals surface area (Å²) in [7, 11) is 0. The Balaban J connectivity index is 2.29. The number of alkyl halides is 3. The number of nitrogens with zero attached hydrogens (tertiary/aromatic N) is 2. The summed E-state index contributed by atoms with van der Waals surface area (Å²) >= 11 is 0. The van der Waals surface area contributed by atoms with Crippen LogP contribution in [0.2, 0.25) is 0 Å². The third-order valence-corrected chi connectivity index (χ3v) is 3.45. The molecular weight excluding hydrogens is 335 g/mol. The number of hydrogen-bond acceptors (Lipinski definition) is 3. The molecule has 0 spiro atoms. The number of benzene rings is 1. The number of carbonyl (C=O) groups is 1. The van der Waals surface area contributed by atoms with E-state index in [0.717, 1.165) is 16.8 Å². The van der Waals surface area contributed by atoms with Crippen molar-refractivity contribution in [3.05, 3.63) is 53.2 Å². The molecule has 0 bridgehead atoms. The fraction of sp³-hybridized carbons (Fsp3) is 0.294. The Bertz CT molecular complexity index is 787. The van der Waals surface area contributed by atoms with Gasteiger partial charge in [0.15, 0.2) is 0 Å². The molecule has 1 aromatic carbocycles. The van der Waals surface area contributed by atoms with Gasteiger partial charge in [0, 0.05) is 12.6 Å². The zero-order valence-corrected chi connectivity index (χ0v) is 14.1. The van der Waals surface area contributed by atoms with Crippen molar-refractivity contribution in [1.82, 2.24) is 15.1 Å². The Kier molecular flexibility index (Phi) is 5.20. The minimum absolute atomic E-state index is 0.122. The number of aromatic nitrogens is 2. The Hall–Kier alpha value is -2.77. The molecule has 2 aromatic rings. The highest BCUT2D eigenvalue weighted by Gasteiger charge is 2.31. The highest BCUT2D eigenvalue weighted by Crippen LogP contribution is 2.36. The normalized spacial score (nSPS) is 11.3. The van der Waals surface area contributed by atoms with E-state index in [1.54, 1.807) is 6.92 Å². The maximum atomic E-state index is 12.8. The number of rotatable bonds is 4. The number of aryl methyl sites for hydroxylation is 3. The summed E-state index contributed by atoms with van der Waals surface area (Å²) in [5.74, 6) is 0.404. The van der Waals surface area contributed by atoms with Crippen LogP contribution >= 0.6 is 0 Å². The molecule has 0 unspecified atom stereocenters. The zero-order chi connectivity index (χ0) is 18.8. The van der Waals surface area contributed by atoms with E-state index in [1.807, 2.05) is 0 Å². The van der Waals surface area contributed by atoms with Crippen LogP contribution in [0.15, 0.2) is 30.9 Å².